The average Bonchev–Trinajstić information content (AvgIpc) is 2.30. The molecular formula is C14H19NO2. The van der Waals surface area contributed by atoms with E-state index in [1.807, 2.05) is 31.2 Å². The van der Waals surface area contributed by atoms with Gasteiger partial charge in [0.05, 0.1) is 5.92 Å². The van der Waals surface area contributed by atoms with Crippen LogP contribution >= 0.6 is 0 Å². The molecule has 1 heterocycles. The molecule has 92 valence electrons. The Morgan fingerprint density at radius 2 is 2.29 bits per heavy atom. The van der Waals surface area contributed by atoms with E-state index in [1.165, 1.54) is 0 Å². The molecule has 3 heteroatoms. The Morgan fingerprint density at radius 3 is 2.88 bits per heavy atom. The van der Waals surface area contributed by atoms with E-state index in [9.17, 15) is 9.90 Å². The van der Waals surface area contributed by atoms with Crippen molar-refractivity contribution in [2.75, 3.05) is 6.54 Å². The molecule has 0 bridgehead atoms. The SMILES string of the molecule is Cc1cccc(C(C(=O)O)C2CCCCN2)c1. The van der Waals surface area contributed by atoms with Gasteiger partial charge in [-0.05, 0) is 31.9 Å². The zero-order valence-corrected chi connectivity index (χ0v) is 10.1. The van der Waals surface area contributed by atoms with Gasteiger partial charge in [0.2, 0.25) is 0 Å². The third-order valence-electron chi connectivity index (χ3n) is 3.42. The monoisotopic (exact) mass is 233 g/mol. The van der Waals surface area contributed by atoms with Gasteiger partial charge in [-0.1, -0.05) is 36.2 Å². The standard InChI is InChI=1S/C14H19NO2/c1-10-5-4-6-11(9-10)13(14(16)17)12-7-2-3-8-15-12/h4-6,9,12-13,15H,2-3,7-8H2,1H3,(H,16,17). The summed E-state index contributed by atoms with van der Waals surface area (Å²) >= 11 is 0. The van der Waals surface area contributed by atoms with Gasteiger partial charge in [0.25, 0.3) is 0 Å². The molecule has 17 heavy (non-hydrogen) atoms. The maximum Gasteiger partial charge on any atom is 0.312 e. The van der Waals surface area contributed by atoms with Crippen LogP contribution in [0.4, 0.5) is 0 Å². The molecule has 2 rings (SSSR count). The van der Waals surface area contributed by atoms with Crippen LogP contribution in [0.1, 0.15) is 36.3 Å². The van der Waals surface area contributed by atoms with Gasteiger partial charge in [-0.25, -0.2) is 0 Å². The van der Waals surface area contributed by atoms with E-state index in [4.69, 9.17) is 0 Å². The number of hydrogen-bond donors (Lipinski definition) is 2. The molecule has 1 aliphatic rings. The highest BCUT2D eigenvalue weighted by atomic mass is 16.4. The largest absolute Gasteiger partial charge is 0.481 e. The number of aryl methyl sites for hydroxylation is 1. The molecule has 0 radical (unpaired) electrons. The number of carbonyl (C=O) groups is 1. The van der Waals surface area contributed by atoms with Crippen LogP contribution in [-0.2, 0) is 4.79 Å². The summed E-state index contributed by atoms with van der Waals surface area (Å²) < 4.78 is 0. The second-order valence-electron chi connectivity index (χ2n) is 4.79. The maximum atomic E-state index is 11.5. The molecular weight excluding hydrogens is 214 g/mol. The van der Waals surface area contributed by atoms with Gasteiger partial charge >= 0.3 is 5.97 Å². The second-order valence-corrected chi connectivity index (χ2v) is 4.79. The fourth-order valence-electron chi connectivity index (χ4n) is 2.57. The summed E-state index contributed by atoms with van der Waals surface area (Å²) in [6.45, 7) is 2.93. The number of benzene rings is 1. The van der Waals surface area contributed by atoms with E-state index in [2.05, 4.69) is 5.32 Å². The first-order chi connectivity index (χ1) is 8.18. The minimum Gasteiger partial charge on any atom is -0.481 e. The van der Waals surface area contributed by atoms with E-state index in [0.29, 0.717) is 0 Å². The van der Waals surface area contributed by atoms with E-state index >= 15 is 0 Å². The zero-order valence-electron chi connectivity index (χ0n) is 10.1. The van der Waals surface area contributed by atoms with E-state index < -0.39 is 11.9 Å². The summed E-state index contributed by atoms with van der Waals surface area (Å²) in [6, 6.07) is 7.90. The number of piperidine rings is 1. The number of carboxylic acids is 1. The van der Waals surface area contributed by atoms with Crippen molar-refractivity contribution < 1.29 is 9.90 Å². The van der Waals surface area contributed by atoms with E-state index in [0.717, 1.165) is 36.9 Å². The van der Waals surface area contributed by atoms with E-state index in [-0.39, 0.29) is 6.04 Å². The van der Waals surface area contributed by atoms with Crippen LogP contribution in [0.15, 0.2) is 24.3 Å². The van der Waals surface area contributed by atoms with Crippen molar-refractivity contribution in [2.24, 2.45) is 0 Å². The normalized spacial score (nSPS) is 22.1. The molecule has 1 aliphatic heterocycles. The van der Waals surface area contributed by atoms with Gasteiger partial charge in [0.1, 0.15) is 0 Å². The number of nitrogens with one attached hydrogen (secondary N) is 1. The Labute approximate surface area is 102 Å². The van der Waals surface area contributed by atoms with Crippen molar-refractivity contribution in [1.29, 1.82) is 0 Å². The maximum absolute atomic E-state index is 11.5. The highest BCUT2D eigenvalue weighted by molar-refractivity contribution is 5.77. The molecule has 1 aromatic carbocycles. The second kappa shape index (κ2) is 5.32. The number of aliphatic carboxylic acids is 1. The highest BCUT2D eigenvalue weighted by Gasteiger charge is 2.30. The van der Waals surface area contributed by atoms with Gasteiger partial charge in [0.15, 0.2) is 0 Å². The van der Waals surface area contributed by atoms with Crippen molar-refractivity contribution in [2.45, 2.75) is 38.1 Å². The van der Waals surface area contributed by atoms with Crippen LogP contribution in [-0.4, -0.2) is 23.7 Å². The van der Waals surface area contributed by atoms with Crippen molar-refractivity contribution in [3.8, 4) is 0 Å². The predicted molar refractivity (Wildman–Crippen MR) is 67.2 cm³/mol. The van der Waals surface area contributed by atoms with Gasteiger partial charge in [-0.3, -0.25) is 4.79 Å². The Bertz CT molecular complexity index is 397. The molecule has 0 aromatic heterocycles. The molecule has 1 fully saturated rings. The van der Waals surface area contributed by atoms with Gasteiger partial charge in [-0.15, -0.1) is 0 Å². The Kier molecular flexibility index (Phi) is 3.79. The van der Waals surface area contributed by atoms with Crippen molar-refractivity contribution >= 4 is 5.97 Å². The fourth-order valence-corrected chi connectivity index (χ4v) is 2.57. The first-order valence-corrected chi connectivity index (χ1v) is 6.21. The number of hydrogen-bond acceptors (Lipinski definition) is 2. The lowest BCUT2D eigenvalue weighted by molar-refractivity contribution is -0.139. The molecule has 0 amide bonds. The number of rotatable bonds is 3. The topological polar surface area (TPSA) is 49.3 Å². The quantitative estimate of drug-likeness (QED) is 0.842. The lowest BCUT2D eigenvalue weighted by Gasteiger charge is -2.29. The lowest BCUT2D eigenvalue weighted by atomic mass is 9.86. The van der Waals surface area contributed by atoms with Crippen LogP contribution in [0.2, 0.25) is 0 Å². The zero-order chi connectivity index (χ0) is 12.3. The molecule has 2 unspecified atom stereocenters. The van der Waals surface area contributed by atoms with Crippen LogP contribution in [0.5, 0.6) is 0 Å². The molecule has 0 aliphatic carbocycles. The third-order valence-corrected chi connectivity index (χ3v) is 3.42. The van der Waals surface area contributed by atoms with Crippen LogP contribution in [0.3, 0.4) is 0 Å². The molecule has 0 spiro atoms. The summed E-state index contributed by atoms with van der Waals surface area (Å²) in [4.78, 5) is 11.5. The van der Waals surface area contributed by atoms with Crippen molar-refractivity contribution in [1.82, 2.24) is 5.32 Å². The Morgan fingerprint density at radius 1 is 1.47 bits per heavy atom. The summed E-state index contributed by atoms with van der Waals surface area (Å²) in [5.74, 6) is -1.15. The molecule has 0 saturated carbocycles. The van der Waals surface area contributed by atoms with Crippen LogP contribution in [0.25, 0.3) is 0 Å². The summed E-state index contributed by atoms with van der Waals surface area (Å²) in [7, 11) is 0. The molecule has 2 atom stereocenters. The minimum absolute atomic E-state index is 0.0723. The fraction of sp³-hybridized carbons (Fsp3) is 0.500. The summed E-state index contributed by atoms with van der Waals surface area (Å²) in [5, 5.41) is 12.8. The first kappa shape index (κ1) is 12.1. The smallest absolute Gasteiger partial charge is 0.312 e. The van der Waals surface area contributed by atoms with Crippen LogP contribution < -0.4 is 5.32 Å². The van der Waals surface area contributed by atoms with Crippen molar-refractivity contribution in [3.05, 3.63) is 35.4 Å². The van der Waals surface area contributed by atoms with Crippen LogP contribution in [0, 0.1) is 6.92 Å². The van der Waals surface area contributed by atoms with E-state index in [1.54, 1.807) is 0 Å². The minimum atomic E-state index is -0.727. The van der Waals surface area contributed by atoms with Gasteiger partial charge < -0.3 is 10.4 Å². The highest BCUT2D eigenvalue weighted by Crippen LogP contribution is 2.26. The Balaban J connectivity index is 2.25. The third kappa shape index (κ3) is 2.86. The average molecular weight is 233 g/mol. The molecule has 3 nitrogen and oxygen atoms in total. The van der Waals surface area contributed by atoms with Gasteiger partial charge in [0, 0.05) is 6.04 Å². The Hall–Kier alpha value is -1.35. The summed E-state index contributed by atoms with van der Waals surface area (Å²) in [5.41, 5.74) is 2.03. The van der Waals surface area contributed by atoms with Gasteiger partial charge in [-0.2, -0.15) is 0 Å². The van der Waals surface area contributed by atoms with Crippen molar-refractivity contribution in [3.63, 3.8) is 0 Å². The molecule has 1 aromatic rings. The predicted octanol–water partition coefficient (Wildman–Crippen LogP) is 2.31. The number of carboxylic acid groups (broad SMARTS) is 1. The first-order valence-electron chi connectivity index (χ1n) is 6.21. The molecule has 2 N–H and O–H groups in total. The molecule has 1 saturated heterocycles. The summed E-state index contributed by atoms with van der Waals surface area (Å²) in [6.07, 6.45) is 3.22. The lowest BCUT2D eigenvalue weighted by Crippen LogP contribution is -2.41.